The SMILES string of the molecule is CC1(C)c2ccccc2-c2ccc(-c3cccc(-c4nc(-c5cc([Si](C)(C)C)cc([Si](C)(C)C)c5)nc(-c5cc([Si](C)(C)C)cc([Si](C)(C)C)c5)n4)c3)cc21. The molecular formula is C48H59N3Si4. The highest BCUT2D eigenvalue weighted by atomic mass is 28.3. The van der Waals surface area contributed by atoms with Gasteiger partial charge in [-0.3, -0.25) is 0 Å². The summed E-state index contributed by atoms with van der Waals surface area (Å²) in [6.45, 7) is 34.0. The summed E-state index contributed by atoms with van der Waals surface area (Å²) >= 11 is 0. The lowest BCUT2D eigenvalue weighted by atomic mass is 9.81. The van der Waals surface area contributed by atoms with Crippen LogP contribution in [0.15, 0.2) is 103 Å². The monoisotopic (exact) mass is 789 g/mol. The molecule has 0 saturated carbocycles. The zero-order valence-corrected chi connectivity index (χ0v) is 39.7. The summed E-state index contributed by atoms with van der Waals surface area (Å²) < 4.78 is 0. The molecule has 1 heterocycles. The van der Waals surface area contributed by atoms with E-state index in [0.29, 0.717) is 0 Å². The third-order valence-electron chi connectivity index (χ3n) is 11.5. The van der Waals surface area contributed by atoms with Gasteiger partial charge in [-0.05, 0) is 45.5 Å². The molecule has 0 bridgehead atoms. The van der Waals surface area contributed by atoms with Gasteiger partial charge in [0.15, 0.2) is 17.5 Å². The van der Waals surface area contributed by atoms with E-state index in [0.717, 1.165) is 34.2 Å². The van der Waals surface area contributed by atoms with E-state index in [4.69, 9.17) is 15.0 Å². The van der Waals surface area contributed by atoms with Gasteiger partial charge in [-0.25, -0.2) is 15.0 Å². The molecule has 7 rings (SSSR count). The predicted octanol–water partition coefficient (Wildman–Crippen LogP) is 11.0. The molecule has 282 valence electrons. The van der Waals surface area contributed by atoms with E-state index in [2.05, 4.69) is 196 Å². The molecule has 3 nitrogen and oxygen atoms in total. The summed E-state index contributed by atoms with van der Waals surface area (Å²) in [5.74, 6) is 2.24. The topological polar surface area (TPSA) is 38.7 Å². The Hall–Kier alpha value is -4.02. The number of hydrogen-bond donors (Lipinski definition) is 0. The van der Waals surface area contributed by atoms with Gasteiger partial charge in [0, 0.05) is 22.1 Å². The molecule has 0 unspecified atom stereocenters. The van der Waals surface area contributed by atoms with Crippen molar-refractivity contribution in [1.82, 2.24) is 15.0 Å². The first kappa shape index (κ1) is 39.2. The third-order valence-corrected chi connectivity index (χ3v) is 19.6. The Labute approximate surface area is 334 Å². The van der Waals surface area contributed by atoms with Gasteiger partial charge in [0.25, 0.3) is 0 Å². The fraction of sp³-hybridized carbons (Fsp3) is 0.312. The number of benzene rings is 5. The second-order valence-electron chi connectivity index (χ2n) is 20.4. The summed E-state index contributed by atoms with van der Waals surface area (Å²) in [6, 6.07) is 39.2. The van der Waals surface area contributed by atoms with E-state index in [9.17, 15) is 0 Å². The normalized spacial score (nSPS) is 14.1. The van der Waals surface area contributed by atoms with Crippen molar-refractivity contribution >= 4 is 53.0 Å². The van der Waals surface area contributed by atoms with Gasteiger partial charge in [0.05, 0.1) is 32.3 Å². The Morgan fingerprint density at radius 1 is 0.345 bits per heavy atom. The molecule has 0 spiro atoms. The standard InChI is InChI=1S/C48H59N3Si4/c1-48(2)43-21-16-15-20-41(43)42-23-22-33(29-44(42)48)32-18-17-19-34(24-32)45-49-46(35-25-37(52(3,4)5)30-38(26-35)53(6,7)8)51-47(50-45)36-27-39(54(9,10)11)31-40(28-36)55(12,13)14/h15-31H,1-14H3. The van der Waals surface area contributed by atoms with Crippen LogP contribution >= 0.6 is 0 Å². The van der Waals surface area contributed by atoms with Crippen LogP contribution < -0.4 is 20.7 Å². The Morgan fingerprint density at radius 3 is 1.22 bits per heavy atom. The number of nitrogens with zero attached hydrogens (tertiary/aromatic N) is 3. The van der Waals surface area contributed by atoms with E-state index in [1.165, 1.54) is 54.1 Å². The largest absolute Gasteiger partial charge is 0.208 e. The van der Waals surface area contributed by atoms with Crippen LogP contribution in [-0.4, -0.2) is 47.2 Å². The van der Waals surface area contributed by atoms with E-state index in [1.807, 2.05) is 0 Å². The lowest BCUT2D eigenvalue weighted by Crippen LogP contribution is -2.45. The average Bonchev–Trinajstić information content (AvgIpc) is 3.35. The average molecular weight is 790 g/mol. The van der Waals surface area contributed by atoms with Crippen LogP contribution in [0.4, 0.5) is 0 Å². The predicted molar refractivity (Wildman–Crippen MR) is 251 cm³/mol. The first-order valence-electron chi connectivity index (χ1n) is 19.9. The van der Waals surface area contributed by atoms with E-state index in [1.54, 1.807) is 0 Å². The maximum absolute atomic E-state index is 5.39. The molecule has 7 heteroatoms. The third kappa shape index (κ3) is 7.73. The number of rotatable bonds is 8. The molecule has 1 aliphatic rings. The minimum Gasteiger partial charge on any atom is -0.208 e. The quantitative estimate of drug-likeness (QED) is 0.144. The van der Waals surface area contributed by atoms with E-state index < -0.39 is 32.3 Å². The molecule has 55 heavy (non-hydrogen) atoms. The minimum atomic E-state index is -1.64. The van der Waals surface area contributed by atoms with Crippen LogP contribution in [0.3, 0.4) is 0 Å². The summed E-state index contributed by atoms with van der Waals surface area (Å²) in [5, 5.41) is 5.82. The summed E-state index contributed by atoms with van der Waals surface area (Å²) in [6.07, 6.45) is 0. The molecule has 1 aliphatic carbocycles. The molecule has 6 aromatic rings. The molecular weight excluding hydrogens is 731 g/mol. The van der Waals surface area contributed by atoms with Crippen LogP contribution in [0.5, 0.6) is 0 Å². The number of fused-ring (bicyclic) bond motifs is 3. The fourth-order valence-corrected chi connectivity index (χ4v) is 12.7. The van der Waals surface area contributed by atoms with Gasteiger partial charge in [0.1, 0.15) is 0 Å². The molecule has 0 saturated heterocycles. The van der Waals surface area contributed by atoms with Crippen LogP contribution in [0.1, 0.15) is 25.0 Å². The Kier molecular flexibility index (Phi) is 9.68. The van der Waals surface area contributed by atoms with Crippen LogP contribution in [0, 0.1) is 0 Å². The maximum atomic E-state index is 5.39. The van der Waals surface area contributed by atoms with Crippen molar-refractivity contribution in [3.63, 3.8) is 0 Å². The first-order chi connectivity index (χ1) is 25.5. The second kappa shape index (κ2) is 13.6. The molecule has 1 aromatic heterocycles. The molecule has 0 atom stereocenters. The molecule has 5 aromatic carbocycles. The maximum Gasteiger partial charge on any atom is 0.164 e. The second-order valence-corrected chi connectivity index (χ2v) is 40.7. The highest BCUT2D eigenvalue weighted by Gasteiger charge is 2.35. The highest BCUT2D eigenvalue weighted by Crippen LogP contribution is 2.49. The zero-order valence-electron chi connectivity index (χ0n) is 35.7. The van der Waals surface area contributed by atoms with Crippen molar-refractivity contribution < 1.29 is 0 Å². The lowest BCUT2D eigenvalue weighted by molar-refractivity contribution is 0.660. The summed E-state index contributed by atoms with van der Waals surface area (Å²) in [4.78, 5) is 16.1. The zero-order chi connectivity index (χ0) is 39.9. The van der Waals surface area contributed by atoms with E-state index in [-0.39, 0.29) is 5.41 Å². The van der Waals surface area contributed by atoms with Crippen LogP contribution in [0.25, 0.3) is 56.4 Å². The van der Waals surface area contributed by atoms with Gasteiger partial charge in [-0.15, -0.1) is 0 Å². The van der Waals surface area contributed by atoms with Crippen molar-refractivity contribution in [2.24, 2.45) is 0 Å². The molecule has 0 fully saturated rings. The van der Waals surface area contributed by atoms with Crippen molar-refractivity contribution in [2.45, 2.75) is 97.8 Å². The Bertz CT molecular complexity index is 2300. The van der Waals surface area contributed by atoms with E-state index >= 15 is 0 Å². The summed E-state index contributed by atoms with van der Waals surface area (Å²) in [7, 11) is -6.57. The Balaban J connectivity index is 1.44. The molecule has 0 N–H and O–H groups in total. The van der Waals surface area contributed by atoms with Gasteiger partial charge in [-0.2, -0.15) is 0 Å². The highest BCUT2D eigenvalue weighted by molar-refractivity contribution is 6.92. The van der Waals surface area contributed by atoms with Gasteiger partial charge in [-0.1, -0.05) is 204 Å². The van der Waals surface area contributed by atoms with Gasteiger partial charge < -0.3 is 0 Å². The lowest BCUT2D eigenvalue weighted by Gasteiger charge is -2.24. The number of aromatic nitrogens is 3. The van der Waals surface area contributed by atoms with Crippen molar-refractivity contribution in [3.8, 4) is 56.4 Å². The van der Waals surface area contributed by atoms with Crippen LogP contribution in [-0.2, 0) is 5.41 Å². The minimum absolute atomic E-state index is 0.0595. The van der Waals surface area contributed by atoms with Crippen molar-refractivity contribution in [1.29, 1.82) is 0 Å². The first-order valence-corrected chi connectivity index (χ1v) is 33.9. The van der Waals surface area contributed by atoms with Crippen molar-refractivity contribution in [3.05, 3.63) is 114 Å². The van der Waals surface area contributed by atoms with Crippen molar-refractivity contribution in [2.75, 3.05) is 0 Å². The Morgan fingerprint density at radius 2 is 0.745 bits per heavy atom. The summed E-state index contributed by atoms with van der Waals surface area (Å²) in [5.41, 5.74) is 11.0. The smallest absolute Gasteiger partial charge is 0.164 e. The fourth-order valence-electron chi connectivity index (χ4n) is 7.73. The van der Waals surface area contributed by atoms with Gasteiger partial charge >= 0.3 is 0 Å². The molecule has 0 aliphatic heterocycles. The molecule has 0 radical (unpaired) electrons. The molecule has 0 amide bonds. The van der Waals surface area contributed by atoms with Crippen LogP contribution in [0.2, 0.25) is 78.6 Å². The van der Waals surface area contributed by atoms with Gasteiger partial charge in [0.2, 0.25) is 0 Å². The number of hydrogen-bond acceptors (Lipinski definition) is 3.